The first-order chi connectivity index (χ1) is 17.3. The van der Waals surface area contributed by atoms with Gasteiger partial charge in [0.15, 0.2) is 6.61 Å². The lowest BCUT2D eigenvalue weighted by atomic mass is 10.0. The molecule has 0 bridgehead atoms. The first-order valence-electron chi connectivity index (χ1n) is 12.1. The lowest BCUT2D eigenvalue weighted by Gasteiger charge is -2.34. The van der Waals surface area contributed by atoms with E-state index in [1.165, 1.54) is 6.07 Å². The minimum Gasteiger partial charge on any atom is -0.497 e. The summed E-state index contributed by atoms with van der Waals surface area (Å²) >= 11 is 0. The molecule has 5 rings (SSSR count). The number of alkyl halides is 3. The molecular weight excluding hydrogens is 475 g/mol. The smallest absolute Gasteiger partial charge is 0.416 e. The molecule has 0 spiro atoms. The van der Waals surface area contributed by atoms with E-state index >= 15 is 0 Å². The van der Waals surface area contributed by atoms with Gasteiger partial charge in [0.25, 0.3) is 5.91 Å². The monoisotopic (exact) mass is 503 g/mol. The summed E-state index contributed by atoms with van der Waals surface area (Å²) in [5.41, 5.74) is 0.277. The fourth-order valence-corrected chi connectivity index (χ4v) is 4.97. The van der Waals surface area contributed by atoms with Crippen LogP contribution in [0, 0.1) is 0 Å². The Labute approximate surface area is 206 Å². The fourth-order valence-electron chi connectivity index (χ4n) is 4.97. The average Bonchev–Trinajstić information content (AvgIpc) is 3.55. The molecule has 3 heterocycles. The Morgan fingerprint density at radius 3 is 2.44 bits per heavy atom. The summed E-state index contributed by atoms with van der Waals surface area (Å²) in [6.07, 6.45) is -1.65. The van der Waals surface area contributed by atoms with Crippen LogP contribution in [0.4, 0.5) is 13.2 Å². The molecule has 2 fully saturated rings. The molecule has 0 radical (unpaired) electrons. The van der Waals surface area contributed by atoms with Gasteiger partial charge in [-0.3, -0.25) is 4.79 Å². The molecule has 10 heteroatoms. The van der Waals surface area contributed by atoms with E-state index in [0.29, 0.717) is 60.9 Å². The molecule has 1 aromatic heterocycles. The number of benzene rings is 2. The van der Waals surface area contributed by atoms with Crippen molar-refractivity contribution in [2.75, 3.05) is 33.4 Å². The van der Waals surface area contributed by atoms with Crippen molar-refractivity contribution in [3.05, 3.63) is 53.9 Å². The highest BCUT2D eigenvalue weighted by molar-refractivity contribution is 5.78. The van der Waals surface area contributed by atoms with Crippen molar-refractivity contribution in [2.24, 2.45) is 0 Å². The summed E-state index contributed by atoms with van der Waals surface area (Å²) in [6, 6.07) is 10.8. The first-order valence-corrected chi connectivity index (χ1v) is 12.1. The van der Waals surface area contributed by atoms with Gasteiger partial charge in [0.05, 0.1) is 23.7 Å². The zero-order valence-electron chi connectivity index (χ0n) is 20.0. The second-order valence-electron chi connectivity index (χ2n) is 9.12. The number of piperidine rings is 1. The summed E-state index contributed by atoms with van der Waals surface area (Å²) in [4.78, 5) is 19.1. The quantitative estimate of drug-likeness (QED) is 0.465. The number of carbonyl (C=O) groups excluding carboxylic acids is 1. The van der Waals surface area contributed by atoms with Gasteiger partial charge in [-0.15, -0.1) is 0 Å². The molecule has 1 amide bonds. The lowest BCUT2D eigenvalue weighted by Crippen LogP contribution is -2.41. The van der Waals surface area contributed by atoms with E-state index in [9.17, 15) is 18.0 Å². The summed E-state index contributed by atoms with van der Waals surface area (Å²) in [7, 11) is 1.58. The van der Waals surface area contributed by atoms with Crippen LogP contribution in [0.5, 0.6) is 11.5 Å². The van der Waals surface area contributed by atoms with Crippen molar-refractivity contribution >= 4 is 16.9 Å². The van der Waals surface area contributed by atoms with Crippen molar-refractivity contribution in [1.82, 2.24) is 14.5 Å². The zero-order chi connectivity index (χ0) is 25.3. The van der Waals surface area contributed by atoms with Gasteiger partial charge >= 0.3 is 6.18 Å². The Morgan fingerprint density at radius 2 is 1.81 bits per heavy atom. The van der Waals surface area contributed by atoms with Gasteiger partial charge in [-0.25, -0.2) is 4.98 Å². The van der Waals surface area contributed by atoms with E-state index in [1.54, 1.807) is 36.3 Å². The molecule has 0 N–H and O–H groups in total. The number of ether oxygens (including phenoxy) is 3. The van der Waals surface area contributed by atoms with Crippen LogP contribution in [0.2, 0.25) is 0 Å². The number of halogens is 3. The SMILES string of the molecule is COc1ccc(OCC(=O)N2CCC(n3c([C@H]4CCCO4)nc4cc(C(F)(F)F)ccc43)CC2)cc1. The van der Waals surface area contributed by atoms with E-state index in [-0.39, 0.29) is 24.7 Å². The number of aromatic nitrogens is 2. The topological polar surface area (TPSA) is 65.8 Å². The van der Waals surface area contributed by atoms with Crippen molar-refractivity contribution in [1.29, 1.82) is 0 Å². The van der Waals surface area contributed by atoms with Crippen molar-refractivity contribution < 1.29 is 32.2 Å². The van der Waals surface area contributed by atoms with E-state index in [2.05, 4.69) is 4.98 Å². The molecule has 0 saturated carbocycles. The number of rotatable bonds is 6. The molecule has 0 aliphatic carbocycles. The number of amides is 1. The van der Waals surface area contributed by atoms with Gasteiger partial charge in [0.2, 0.25) is 0 Å². The van der Waals surface area contributed by atoms with Gasteiger partial charge < -0.3 is 23.7 Å². The van der Waals surface area contributed by atoms with Crippen molar-refractivity contribution in [3.8, 4) is 11.5 Å². The predicted molar refractivity (Wildman–Crippen MR) is 126 cm³/mol. The molecule has 7 nitrogen and oxygen atoms in total. The molecule has 2 aliphatic heterocycles. The summed E-state index contributed by atoms with van der Waals surface area (Å²) in [5, 5.41) is 0. The predicted octanol–water partition coefficient (Wildman–Crippen LogP) is 5.16. The van der Waals surface area contributed by atoms with Crippen LogP contribution in [0.25, 0.3) is 11.0 Å². The maximum atomic E-state index is 13.3. The number of likely N-dealkylation sites (tertiary alicyclic amines) is 1. The minimum atomic E-state index is -4.43. The maximum absolute atomic E-state index is 13.3. The Bertz CT molecular complexity index is 1210. The number of fused-ring (bicyclic) bond motifs is 1. The molecule has 2 saturated heterocycles. The third kappa shape index (κ3) is 5.00. The molecule has 192 valence electrons. The molecule has 0 unspecified atom stereocenters. The Morgan fingerprint density at radius 1 is 1.08 bits per heavy atom. The summed E-state index contributed by atoms with van der Waals surface area (Å²) < 4.78 is 58.5. The largest absolute Gasteiger partial charge is 0.497 e. The number of carbonyl (C=O) groups is 1. The highest BCUT2D eigenvalue weighted by Gasteiger charge is 2.34. The Balaban J connectivity index is 1.29. The van der Waals surface area contributed by atoms with Gasteiger partial charge in [-0.05, 0) is 68.1 Å². The molecule has 3 aromatic rings. The van der Waals surface area contributed by atoms with Crippen LogP contribution < -0.4 is 9.47 Å². The van der Waals surface area contributed by atoms with Gasteiger partial charge in [0, 0.05) is 25.7 Å². The number of methoxy groups -OCH3 is 1. The highest BCUT2D eigenvalue weighted by Crippen LogP contribution is 2.38. The molecule has 1 atom stereocenters. The molecule has 2 aromatic carbocycles. The molecule has 36 heavy (non-hydrogen) atoms. The zero-order valence-corrected chi connectivity index (χ0v) is 20.0. The summed E-state index contributed by atoms with van der Waals surface area (Å²) in [6.45, 7) is 1.61. The van der Waals surface area contributed by atoms with Crippen LogP contribution in [-0.2, 0) is 15.7 Å². The van der Waals surface area contributed by atoms with Crippen molar-refractivity contribution in [2.45, 2.75) is 44.0 Å². The number of hydrogen-bond acceptors (Lipinski definition) is 5. The third-order valence-electron chi connectivity index (χ3n) is 6.87. The highest BCUT2D eigenvalue weighted by atomic mass is 19.4. The standard InChI is InChI=1S/C26H28F3N3O4/c1-34-19-5-7-20(8-6-19)36-16-24(33)31-12-10-18(11-13-31)32-22-9-4-17(26(27,28)29)15-21(22)30-25(32)23-3-2-14-35-23/h4-9,15,18,23H,2-3,10-14,16H2,1H3/t23-/m1/s1. The van der Waals surface area contributed by atoms with Gasteiger partial charge in [-0.1, -0.05) is 0 Å². The molecule has 2 aliphatic rings. The van der Waals surface area contributed by atoms with E-state index in [1.807, 2.05) is 4.57 Å². The molecular formula is C26H28F3N3O4. The minimum absolute atomic E-state index is 0.0116. The second kappa shape index (κ2) is 10.0. The van der Waals surface area contributed by atoms with E-state index < -0.39 is 11.7 Å². The normalized spacial score (nSPS) is 19.1. The maximum Gasteiger partial charge on any atom is 0.416 e. The first kappa shape index (κ1) is 24.4. The van der Waals surface area contributed by atoms with Crippen molar-refractivity contribution in [3.63, 3.8) is 0 Å². The van der Waals surface area contributed by atoms with Gasteiger partial charge in [-0.2, -0.15) is 13.2 Å². The van der Waals surface area contributed by atoms with Gasteiger partial charge in [0.1, 0.15) is 23.4 Å². The fraction of sp³-hybridized carbons (Fsp3) is 0.462. The number of nitrogens with zero attached hydrogens (tertiary/aromatic N) is 3. The van der Waals surface area contributed by atoms with E-state index in [4.69, 9.17) is 14.2 Å². The van der Waals surface area contributed by atoms with Crippen LogP contribution >= 0.6 is 0 Å². The van der Waals surface area contributed by atoms with Crippen LogP contribution in [0.3, 0.4) is 0 Å². The number of hydrogen-bond donors (Lipinski definition) is 0. The lowest BCUT2D eigenvalue weighted by molar-refractivity contribution is -0.137. The summed E-state index contributed by atoms with van der Waals surface area (Å²) in [5.74, 6) is 1.87. The third-order valence-corrected chi connectivity index (χ3v) is 6.87. The number of imidazole rings is 1. The average molecular weight is 504 g/mol. The van der Waals surface area contributed by atoms with Crippen LogP contribution in [0.15, 0.2) is 42.5 Å². The Hall–Kier alpha value is -3.27. The van der Waals surface area contributed by atoms with Crippen LogP contribution in [0.1, 0.15) is 49.2 Å². The van der Waals surface area contributed by atoms with E-state index in [0.717, 1.165) is 25.0 Å². The second-order valence-corrected chi connectivity index (χ2v) is 9.12. The van der Waals surface area contributed by atoms with Crippen LogP contribution in [-0.4, -0.2) is 53.8 Å². The Kier molecular flexibility index (Phi) is 6.79.